The molecule has 0 bridgehead atoms. The zero-order valence-electron chi connectivity index (χ0n) is 22.5. The predicted molar refractivity (Wildman–Crippen MR) is 149 cm³/mol. The van der Waals surface area contributed by atoms with Crippen LogP contribution in [0.15, 0.2) is 71.0 Å². The topological polar surface area (TPSA) is 117 Å². The van der Waals surface area contributed by atoms with Crippen LogP contribution in [0.1, 0.15) is 41.5 Å². The van der Waals surface area contributed by atoms with Crippen molar-refractivity contribution in [2.45, 2.75) is 43.3 Å². The number of hydrogen-bond donors (Lipinski definition) is 3. The number of aromatic nitrogens is 2. The minimum Gasteiger partial charge on any atom is -0.593 e. The van der Waals surface area contributed by atoms with Crippen molar-refractivity contribution in [2.75, 3.05) is 11.9 Å². The second kappa shape index (κ2) is 11.3. The number of anilines is 1. The number of carboxylic acids is 1. The Morgan fingerprint density at radius 1 is 1.29 bits per heavy atom. The van der Waals surface area contributed by atoms with Gasteiger partial charge in [0.1, 0.15) is 0 Å². The number of nitrogens with zero attached hydrogens (tertiary/aromatic N) is 3. The first-order valence-electron chi connectivity index (χ1n) is 13.1. The lowest BCUT2D eigenvalue weighted by atomic mass is 9.99. The molecular weight excluding hydrogens is 555 g/mol. The zero-order valence-corrected chi connectivity index (χ0v) is 23.3. The lowest BCUT2D eigenvalue weighted by molar-refractivity contribution is -0.137. The number of allylic oxidation sites excluding steroid dienone is 1. The molecular formula is C29H30F3N5O3S. The van der Waals surface area contributed by atoms with Gasteiger partial charge in [-0.3, -0.25) is 4.68 Å². The monoisotopic (exact) mass is 585 g/mol. The smallest absolute Gasteiger partial charge is 0.416 e. The van der Waals surface area contributed by atoms with Crippen LogP contribution in [-0.2, 0) is 42.3 Å². The van der Waals surface area contributed by atoms with Gasteiger partial charge in [0.2, 0.25) is 0 Å². The van der Waals surface area contributed by atoms with Gasteiger partial charge in [-0.2, -0.15) is 18.3 Å². The summed E-state index contributed by atoms with van der Waals surface area (Å²) in [5, 5.41) is 25.0. The van der Waals surface area contributed by atoms with Crippen molar-refractivity contribution in [2.24, 2.45) is 18.9 Å². The summed E-state index contributed by atoms with van der Waals surface area (Å²) >= 11 is -1.66. The molecule has 0 radical (unpaired) electrons. The van der Waals surface area contributed by atoms with Gasteiger partial charge in [-0.05, 0) is 66.1 Å². The van der Waals surface area contributed by atoms with E-state index < -0.39 is 29.1 Å². The number of aryl methyl sites for hydroxylation is 1. The van der Waals surface area contributed by atoms with E-state index in [4.69, 9.17) is 5.41 Å². The van der Waals surface area contributed by atoms with Crippen LogP contribution in [0.4, 0.5) is 18.9 Å². The predicted octanol–water partition coefficient (Wildman–Crippen LogP) is 5.36. The van der Waals surface area contributed by atoms with Gasteiger partial charge < -0.3 is 20.4 Å². The molecule has 2 heterocycles. The highest BCUT2D eigenvalue weighted by Crippen LogP contribution is 2.52. The number of benzene rings is 2. The molecule has 0 saturated heterocycles. The summed E-state index contributed by atoms with van der Waals surface area (Å²) in [6.45, 7) is 2.63. The number of fused-ring (bicyclic) bond motifs is 1. The van der Waals surface area contributed by atoms with Crippen LogP contribution in [0.25, 0.3) is 0 Å². The van der Waals surface area contributed by atoms with Crippen LogP contribution < -0.4 is 5.32 Å². The van der Waals surface area contributed by atoms with Crippen LogP contribution >= 0.6 is 0 Å². The normalized spacial score (nSPS) is 23.3. The van der Waals surface area contributed by atoms with Gasteiger partial charge in [0, 0.05) is 48.9 Å². The summed E-state index contributed by atoms with van der Waals surface area (Å²) in [5.41, 5.74) is 2.45. The van der Waals surface area contributed by atoms with Crippen LogP contribution in [0, 0.1) is 17.2 Å². The number of rotatable bonds is 8. The van der Waals surface area contributed by atoms with E-state index in [0.29, 0.717) is 34.8 Å². The summed E-state index contributed by atoms with van der Waals surface area (Å²) in [6.07, 6.45) is 1.15. The third-order valence-electron chi connectivity index (χ3n) is 7.44. The molecule has 2 aliphatic rings. The SMILES string of the molecule is C[C@H]1Cc2cc(C(F)(F)F)ccc2[S+]([O-])N(Cc2cccc(N/C(=C(\C=N)C(=O)O)[C@@H]3CC3c3cnn(C)c3)c2)C1. The van der Waals surface area contributed by atoms with E-state index >= 15 is 0 Å². The van der Waals surface area contributed by atoms with Gasteiger partial charge in [0.25, 0.3) is 0 Å². The van der Waals surface area contributed by atoms with E-state index in [1.165, 1.54) is 6.07 Å². The zero-order chi connectivity index (χ0) is 29.5. The Hall–Kier alpha value is -3.61. The lowest BCUT2D eigenvalue weighted by Crippen LogP contribution is -2.32. The highest BCUT2D eigenvalue weighted by atomic mass is 32.2. The van der Waals surface area contributed by atoms with Crippen molar-refractivity contribution in [3.05, 3.63) is 88.4 Å². The summed E-state index contributed by atoms with van der Waals surface area (Å²) in [4.78, 5) is 12.4. The number of halogens is 3. The first-order chi connectivity index (χ1) is 19.4. The molecule has 2 unspecified atom stereocenters. The van der Waals surface area contributed by atoms with Gasteiger partial charge in [0.05, 0.1) is 35.2 Å². The quantitative estimate of drug-likeness (QED) is 0.186. The van der Waals surface area contributed by atoms with Gasteiger partial charge in [-0.25, -0.2) is 4.79 Å². The summed E-state index contributed by atoms with van der Waals surface area (Å²) < 4.78 is 56.8. The number of nitrogens with one attached hydrogen (secondary N) is 2. The van der Waals surface area contributed by atoms with Crippen molar-refractivity contribution in [3.8, 4) is 0 Å². The van der Waals surface area contributed by atoms with E-state index in [2.05, 4.69) is 10.4 Å². The minimum atomic E-state index is -4.47. The molecule has 5 rings (SSSR count). The third-order valence-corrected chi connectivity index (χ3v) is 8.96. The highest BCUT2D eigenvalue weighted by Gasteiger charge is 2.44. The Balaban J connectivity index is 1.38. The van der Waals surface area contributed by atoms with Crippen LogP contribution in [0.5, 0.6) is 0 Å². The molecule has 12 heteroatoms. The Morgan fingerprint density at radius 2 is 2.07 bits per heavy atom. The standard InChI is InChI=1S/C29H30F3N5O3S/c1-17-8-19-10-21(29(30,31)32)6-7-26(19)41(40)37(14-17)15-18-4-3-5-22(9-18)35-27(25(12-33)28(38)39)24-11-23(24)20-13-34-36(2)16-20/h3-7,9-10,12-13,16-17,23-24,33,35H,8,11,14-15H2,1-2H3,(H,38,39)/b27-25+,33-12?/t17-,23?,24+,41?/m0/s1. The van der Waals surface area contributed by atoms with E-state index in [1.807, 2.05) is 32.3 Å². The number of aliphatic carboxylic acids is 1. The first kappa shape index (κ1) is 28.9. The van der Waals surface area contributed by atoms with Crippen LogP contribution in [0.3, 0.4) is 0 Å². The van der Waals surface area contributed by atoms with Gasteiger partial charge in [0.15, 0.2) is 4.90 Å². The molecule has 3 N–H and O–H groups in total. The molecule has 4 atom stereocenters. The molecule has 1 saturated carbocycles. The molecule has 0 amide bonds. The van der Waals surface area contributed by atoms with Gasteiger partial charge >= 0.3 is 12.1 Å². The average molecular weight is 586 g/mol. The van der Waals surface area contributed by atoms with Crippen LogP contribution in [0.2, 0.25) is 0 Å². The summed E-state index contributed by atoms with van der Waals surface area (Å²) in [6, 6.07) is 10.7. The number of carboxylic acid groups (broad SMARTS) is 1. The van der Waals surface area contributed by atoms with E-state index in [9.17, 15) is 27.6 Å². The van der Waals surface area contributed by atoms with Gasteiger partial charge in [-0.1, -0.05) is 19.1 Å². The first-order valence-corrected chi connectivity index (χ1v) is 14.2. The Kier molecular flexibility index (Phi) is 8.00. The fourth-order valence-electron chi connectivity index (χ4n) is 5.44. The Morgan fingerprint density at radius 3 is 2.73 bits per heavy atom. The Bertz CT molecular complexity index is 1500. The maximum Gasteiger partial charge on any atom is 0.416 e. The molecule has 8 nitrogen and oxygen atoms in total. The fourth-order valence-corrected chi connectivity index (χ4v) is 6.92. The minimum absolute atomic E-state index is 0.0236. The van der Waals surface area contributed by atoms with Crippen LogP contribution in [-0.4, -0.2) is 42.5 Å². The molecule has 3 aromatic rings. The van der Waals surface area contributed by atoms with E-state index in [1.54, 1.807) is 27.3 Å². The Labute approximate surface area is 238 Å². The average Bonchev–Trinajstić information content (AvgIpc) is 3.60. The maximum atomic E-state index is 13.5. The summed E-state index contributed by atoms with van der Waals surface area (Å²) in [5.74, 6) is -1.25. The van der Waals surface area contributed by atoms with Crippen molar-refractivity contribution >= 4 is 29.2 Å². The second-order valence-electron chi connectivity index (χ2n) is 10.7. The molecule has 1 aliphatic heterocycles. The van der Waals surface area contributed by atoms with Crippen molar-refractivity contribution in [1.82, 2.24) is 14.1 Å². The summed E-state index contributed by atoms with van der Waals surface area (Å²) in [7, 11) is 1.82. The lowest BCUT2D eigenvalue weighted by Gasteiger charge is -2.24. The fraction of sp³-hybridized carbons (Fsp3) is 0.345. The van der Waals surface area contributed by atoms with Crippen molar-refractivity contribution < 1.29 is 27.6 Å². The molecule has 41 heavy (non-hydrogen) atoms. The second-order valence-corrected chi connectivity index (χ2v) is 12.2. The third kappa shape index (κ3) is 6.34. The molecule has 1 aromatic heterocycles. The molecule has 1 aliphatic carbocycles. The van der Waals surface area contributed by atoms with Crippen molar-refractivity contribution in [3.63, 3.8) is 0 Å². The van der Waals surface area contributed by atoms with E-state index in [0.717, 1.165) is 35.9 Å². The van der Waals surface area contributed by atoms with E-state index in [-0.39, 0.29) is 29.9 Å². The highest BCUT2D eigenvalue weighted by molar-refractivity contribution is 7.89. The van der Waals surface area contributed by atoms with Crippen molar-refractivity contribution in [1.29, 1.82) is 5.41 Å². The molecule has 0 spiro atoms. The number of carbonyl (C=O) groups is 1. The number of hydrogen-bond acceptors (Lipinski definition) is 6. The molecule has 1 fully saturated rings. The molecule has 2 aromatic carbocycles. The largest absolute Gasteiger partial charge is 0.593 e. The van der Waals surface area contributed by atoms with Gasteiger partial charge in [-0.15, -0.1) is 4.31 Å². The maximum absolute atomic E-state index is 13.5. The molecule has 216 valence electrons. The number of alkyl halides is 3.